The molecule has 4 aromatic rings. The van der Waals surface area contributed by atoms with Crippen LogP contribution in [0.2, 0.25) is 0 Å². The lowest BCUT2D eigenvalue weighted by atomic mass is 9.99. The van der Waals surface area contributed by atoms with Gasteiger partial charge in [-0.15, -0.1) is 0 Å². The molecule has 3 N–H and O–H groups in total. The summed E-state index contributed by atoms with van der Waals surface area (Å²) >= 11 is 0. The Morgan fingerprint density at radius 1 is 1.03 bits per heavy atom. The first-order valence-electron chi connectivity index (χ1n) is 9.95. The van der Waals surface area contributed by atoms with Crippen LogP contribution in [0, 0.1) is 0 Å². The number of nitrogens with zero attached hydrogens (tertiary/aromatic N) is 4. The van der Waals surface area contributed by atoms with Crippen LogP contribution >= 0.6 is 0 Å². The Bertz CT molecular complexity index is 1280. The van der Waals surface area contributed by atoms with E-state index < -0.39 is 0 Å². The summed E-state index contributed by atoms with van der Waals surface area (Å²) < 4.78 is 1.60. The Morgan fingerprint density at radius 3 is 2.50 bits per heavy atom. The average molecular weight is 402 g/mol. The smallest absolute Gasteiger partial charge is 0.348 e. The average Bonchev–Trinajstić information content (AvgIpc) is 3.15. The van der Waals surface area contributed by atoms with Gasteiger partial charge in [0.1, 0.15) is 0 Å². The first-order chi connectivity index (χ1) is 14.6. The van der Waals surface area contributed by atoms with Crippen LogP contribution in [0.25, 0.3) is 27.7 Å². The van der Waals surface area contributed by atoms with Gasteiger partial charge in [0.15, 0.2) is 5.65 Å². The second-order valence-electron chi connectivity index (χ2n) is 7.60. The molecule has 0 aliphatic carbocycles. The molecule has 1 aliphatic rings. The zero-order chi connectivity index (χ0) is 20.7. The minimum absolute atomic E-state index is 0.237. The summed E-state index contributed by atoms with van der Waals surface area (Å²) in [7, 11) is 0. The van der Waals surface area contributed by atoms with Crippen LogP contribution in [0.4, 0.5) is 4.79 Å². The van der Waals surface area contributed by atoms with Crippen molar-refractivity contribution in [3.05, 3.63) is 70.6 Å². The molecule has 8 heteroatoms. The van der Waals surface area contributed by atoms with Crippen molar-refractivity contribution in [1.29, 1.82) is 0 Å². The SMILES string of the molecule is NC(=O)N1CCN(Cc2ccc(-c3cc4n[nH]c(=O)n4c4ccccc34)cc2)CC1. The number of hydrogen-bond donors (Lipinski definition) is 2. The number of nitrogens with one attached hydrogen (secondary N) is 1. The highest BCUT2D eigenvalue weighted by Crippen LogP contribution is 2.29. The van der Waals surface area contributed by atoms with E-state index in [0.717, 1.165) is 41.7 Å². The number of hydrogen-bond acceptors (Lipinski definition) is 4. The third-order valence-electron chi connectivity index (χ3n) is 5.76. The van der Waals surface area contributed by atoms with Crippen LogP contribution in [-0.2, 0) is 6.54 Å². The highest BCUT2D eigenvalue weighted by molar-refractivity contribution is 5.97. The minimum atomic E-state index is -0.345. The molecule has 0 atom stereocenters. The highest BCUT2D eigenvalue weighted by atomic mass is 16.2. The van der Waals surface area contributed by atoms with Crippen molar-refractivity contribution in [1.82, 2.24) is 24.4 Å². The first kappa shape index (κ1) is 18.4. The topological polar surface area (TPSA) is 99.7 Å². The fraction of sp³-hybridized carbons (Fsp3) is 0.227. The summed E-state index contributed by atoms with van der Waals surface area (Å²) in [5.41, 5.74) is 9.89. The molecule has 0 bridgehead atoms. The zero-order valence-electron chi connectivity index (χ0n) is 16.4. The van der Waals surface area contributed by atoms with Crippen molar-refractivity contribution in [3.63, 3.8) is 0 Å². The minimum Gasteiger partial charge on any atom is -0.351 e. The number of aromatic nitrogens is 3. The summed E-state index contributed by atoms with van der Waals surface area (Å²) in [6, 6.07) is 17.9. The van der Waals surface area contributed by atoms with Crippen molar-refractivity contribution in [2.24, 2.45) is 5.73 Å². The number of piperazine rings is 1. The molecule has 1 fully saturated rings. The van der Waals surface area contributed by atoms with E-state index in [-0.39, 0.29) is 11.7 Å². The first-order valence-corrected chi connectivity index (χ1v) is 9.95. The number of amides is 2. The molecule has 1 aliphatic heterocycles. The molecule has 0 spiro atoms. The molecule has 2 aromatic heterocycles. The van der Waals surface area contributed by atoms with E-state index >= 15 is 0 Å². The molecule has 3 heterocycles. The van der Waals surface area contributed by atoms with E-state index in [4.69, 9.17) is 5.73 Å². The van der Waals surface area contributed by atoms with E-state index in [0.29, 0.717) is 18.7 Å². The number of para-hydroxylation sites is 1. The zero-order valence-corrected chi connectivity index (χ0v) is 16.4. The highest BCUT2D eigenvalue weighted by Gasteiger charge is 2.19. The van der Waals surface area contributed by atoms with Gasteiger partial charge >= 0.3 is 11.7 Å². The van der Waals surface area contributed by atoms with Gasteiger partial charge in [0.05, 0.1) is 5.52 Å². The Labute approximate surface area is 172 Å². The number of primary amides is 1. The van der Waals surface area contributed by atoms with Crippen molar-refractivity contribution in [3.8, 4) is 11.1 Å². The van der Waals surface area contributed by atoms with Crippen molar-refractivity contribution < 1.29 is 4.79 Å². The third-order valence-corrected chi connectivity index (χ3v) is 5.76. The summed E-state index contributed by atoms with van der Waals surface area (Å²) in [5.74, 6) is 0. The molecule has 0 radical (unpaired) electrons. The van der Waals surface area contributed by atoms with Crippen LogP contribution in [0.5, 0.6) is 0 Å². The third kappa shape index (κ3) is 3.21. The van der Waals surface area contributed by atoms with Gasteiger partial charge in [-0.2, -0.15) is 5.10 Å². The van der Waals surface area contributed by atoms with Gasteiger partial charge in [0.2, 0.25) is 0 Å². The molecule has 30 heavy (non-hydrogen) atoms. The number of H-pyrrole nitrogens is 1. The summed E-state index contributed by atoms with van der Waals surface area (Å²) in [6.45, 7) is 3.81. The molecule has 2 amide bonds. The van der Waals surface area contributed by atoms with Gasteiger partial charge < -0.3 is 10.6 Å². The van der Waals surface area contributed by atoms with E-state index in [1.807, 2.05) is 30.3 Å². The van der Waals surface area contributed by atoms with E-state index in [1.54, 1.807) is 9.30 Å². The molecule has 152 valence electrons. The van der Waals surface area contributed by atoms with Crippen LogP contribution < -0.4 is 11.4 Å². The van der Waals surface area contributed by atoms with Gasteiger partial charge in [-0.05, 0) is 28.8 Å². The Balaban J connectivity index is 1.43. The van der Waals surface area contributed by atoms with E-state index in [1.165, 1.54) is 5.56 Å². The Kier molecular flexibility index (Phi) is 4.48. The van der Waals surface area contributed by atoms with E-state index in [9.17, 15) is 9.59 Å². The number of nitrogens with two attached hydrogens (primary N) is 1. The lowest BCUT2D eigenvalue weighted by Crippen LogP contribution is -2.50. The lowest BCUT2D eigenvalue weighted by molar-refractivity contribution is 0.140. The second-order valence-corrected chi connectivity index (χ2v) is 7.60. The molecule has 0 unspecified atom stereocenters. The molecule has 8 nitrogen and oxygen atoms in total. The van der Waals surface area contributed by atoms with Crippen LogP contribution in [-0.4, -0.2) is 56.6 Å². The quantitative estimate of drug-likeness (QED) is 0.548. The van der Waals surface area contributed by atoms with Crippen molar-refractivity contribution in [2.75, 3.05) is 26.2 Å². The predicted molar refractivity (Wildman–Crippen MR) is 115 cm³/mol. The van der Waals surface area contributed by atoms with Gasteiger partial charge in [-0.1, -0.05) is 42.5 Å². The molecular weight excluding hydrogens is 380 g/mol. The van der Waals surface area contributed by atoms with Crippen LogP contribution in [0.3, 0.4) is 0 Å². The number of carbonyl (C=O) groups is 1. The monoisotopic (exact) mass is 402 g/mol. The van der Waals surface area contributed by atoms with Gasteiger partial charge in [-0.3, -0.25) is 4.90 Å². The van der Waals surface area contributed by atoms with Gasteiger partial charge in [-0.25, -0.2) is 19.1 Å². The molecule has 5 rings (SSSR count). The number of rotatable bonds is 3. The fourth-order valence-corrected chi connectivity index (χ4v) is 4.16. The number of carbonyl (C=O) groups excluding carboxylic acids is 1. The second kappa shape index (κ2) is 7.31. The maximum atomic E-state index is 12.1. The Morgan fingerprint density at radius 2 is 1.77 bits per heavy atom. The number of fused-ring (bicyclic) bond motifs is 3. The largest absolute Gasteiger partial charge is 0.351 e. The number of urea groups is 1. The standard InChI is InChI=1S/C22H22N6O2/c23-21(29)27-11-9-26(10-12-27)14-15-5-7-16(8-6-15)18-13-20-24-25-22(30)28(20)19-4-2-1-3-17(18)19/h1-8,13H,9-12,14H2,(H2,23,29)(H,25,30). The van der Waals surface area contributed by atoms with Crippen LogP contribution in [0.15, 0.2) is 59.4 Å². The number of pyridine rings is 1. The van der Waals surface area contributed by atoms with Crippen molar-refractivity contribution in [2.45, 2.75) is 6.54 Å². The summed E-state index contributed by atoms with van der Waals surface area (Å²) in [5, 5.41) is 7.68. The number of benzene rings is 2. The number of aromatic amines is 1. The van der Waals surface area contributed by atoms with Crippen LogP contribution in [0.1, 0.15) is 5.56 Å². The summed E-state index contributed by atoms with van der Waals surface area (Å²) in [6.07, 6.45) is 0. The van der Waals surface area contributed by atoms with Gasteiger partial charge in [0.25, 0.3) is 0 Å². The predicted octanol–water partition coefficient (Wildman–Crippen LogP) is 2.04. The lowest BCUT2D eigenvalue weighted by Gasteiger charge is -2.33. The maximum Gasteiger partial charge on any atom is 0.348 e. The molecule has 2 aromatic carbocycles. The Hall–Kier alpha value is -3.65. The van der Waals surface area contributed by atoms with Crippen molar-refractivity contribution >= 4 is 22.6 Å². The normalized spacial score (nSPS) is 15.1. The van der Waals surface area contributed by atoms with Gasteiger partial charge in [0, 0.05) is 38.1 Å². The van der Waals surface area contributed by atoms with E-state index in [2.05, 4.69) is 39.4 Å². The fourth-order valence-electron chi connectivity index (χ4n) is 4.16. The molecule has 1 saturated heterocycles. The molecular formula is C22H22N6O2. The maximum absolute atomic E-state index is 12.1. The summed E-state index contributed by atoms with van der Waals surface area (Å²) in [4.78, 5) is 27.4. The molecule has 0 saturated carbocycles.